The van der Waals surface area contributed by atoms with Gasteiger partial charge in [0.2, 0.25) is 5.91 Å². The highest BCUT2D eigenvalue weighted by molar-refractivity contribution is 7.90. The maximum atomic E-state index is 13.2. The molecule has 3 rings (SSSR count). The summed E-state index contributed by atoms with van der Waals surface area (Å²) in [7, 11) is -3.69. The molecular formula is C23H32N4O4S. The second-order valence-corrected chi connectivity index (χ2v) is 10.7. The van der Waals surface area contributed by atoms with Crippen molar-refractivity contribution in [2.75, 3.05) is 26.2 Å². The summed E-state index contributed by atoms with van der Waals surface area (Å²) in [5.74, 6) is 0.503. The summed E-state index contributed by atoms with van der Waals surface area (Å²) >= 11 is 0. The van der Waals surface area contributed by atoms with Gasteiger partial charge < -0.3 is 21.1 Å². The Morgan fingerprint density at radius 3 is 2.75 bits per heavy atom. The van der Waals surface area contributed by atoms with Crippen LogP contribution in [0.15, 0.2) is 41.6 Å². The third-order valence-electron chi connectivity index (χ3n) is 5.24. The van der Waals surface area contributed by atoms with Gasteiger partial charge in [-0.3, -0.25) is 9.78 Å². The highest BCUT2D eigenvalue weighted by Gasteiger charge is 2.19. The Balaban J connectivity index is 1.80. The number of nitrogens with zero attached hydrogens (tertiary/aromatic N) is 1. The number of nitrogens with one attached hydrogen (secondary N) is 2. The second kappa shape index (κ2) is 10.9. The molecule has 1 aromatic carbocycles. The highest BCUT2D eigenvalue weighted by Crippen LogP contribution is 2.25. The number of hydrogen-bond acceptors (Lipinski definition) is 7. The van der Waals surface area contributed by atoms with Gasteiger partial charge in [0.15, 0.2) is 9.84 Å². The Hall–Kier alpha value is -2.49. The van der Waals surface area contributed by atoms with E-state index in [9.17, 15) is 13.2 Å². The molecule has 1 atom stereocenters. The van der Waals surface area contributed by atoms with E-state index in [1.54, 1.807) is 12.1 Å². The Kier molecular flexibility index (Phi) is 8.22. The number of primary amides is 1. The number of nitrogens with two attached hydrogens (primary N) is 1. The Morgan fingerprint density at radius 2 is 2.06 bits per heavy atom. The van der Waals surface area contributed by atoms with Crippen molar-refractivity contribution in [3.05, 3.63) is 53.3 Å². The van der Waals surface area contributed by atoms with Crippen molar-refractivity contribution in [1.29, 1.82) is 0 Å². The minimum Gasteiger partial charge on any atom is -0.493 e. The van der Waals surface area contributed by atoms with Crippen LogP contribution >= 0.6 is 0 Å². The smallest absolute Gasteiger partial charge is 0.250 e. The lowest BCUT2D eigenvalue weighted by Gasteiger charge is -2.15. The molecule has 1 fully saturated rings. The van der Waals surface area contributed by atoms with Crippen LogP contribution < -0.4 is 21.1 Å². The lowest BCUT2D eigenvalue weighted by Crippen LogP contribution is -2.24. The minimum absolute atomic E-state index is 0.179. The fourth-order valence-electron chi connectivity index (χ4n) is 3.57. The Morgan fingerprint density at radius 1 is 1.25 bits per heavy atom. The normalized spacial score (nSPS) is 16.4. The Bertz CT molecular complexity index is 1030. The SMILES string of the molecule is CC(C)COc1cc(CNCC2CCNC2)cc(S(=O)(=O)Cc2cncc(C(N)=O)c2)c1. The molecule has 2 heterocycles. The van der Waals surface area contributed by atoms with Crippen LogP contribution in [0.25, 0.3) is 0 Å². The number of hydrogen-bond donors (Lipinski definition) is 3. The molecule has 174 valence electrons. The number of benzene rings is 1. The van der Waals surface area contributed by atoms with E-state index in [4.69, 9.17) is 10.5 Å². The molecule has 2 aromatic rings. The van der Waals surface area contributed by atoms with Crippen molar-refractivity contribution in [2.24, 2.45) is 17.6 Å². The minimum atomic E-state index is -3.69. The standard InChI is InChI=1S/C23H32N4O4S/c1-16(2)14-31-21-6-18(11-26-10-17-3-4-25-9-17)7-22(8-21)32(29,30)15-19-5-20(23(24)28)13-27-12-19/h5-8,12-13,16-17,25-26H,3-4,9-11,14-15H2,1-2H3,(H2,24,28). The van der Waals surface area contributed by atoms with Crippen LogP contribution in [-0.2, 0) is 22.1 Å². The maximum Gasteiger partial charge on any atom is 0.250 e. The molecule has 0 saturated carbocycles. The number of sulfone groups is 1. The van der Waals surface area contributed by atoms with Crippen molar-refractivity contribution >= 4 is 15.7 Å². The van der Waals surface area contributed by atoms with Gasteiger partial charge in [-0.2, -0.15) is 0 Å². The molecule has 0 aliphatic carbocycles. The molecule has 1 saturated heterocycles. The summed E-state index contributed by atoms with van der Waals surface area (Å²) < 4.78 is 32.2. The zero-order chi connectivity index (χ0) is 23.1. The van der Waals surface area contributed by atoms with E-state index in [1.165, 1.54) is 18.5 Å². The summed E-state index contributed by atoms with van der Waals surface area (Å²) in [6.45, 7) is 8.04. The molecule has 1 aromatic heterocycles. The predicted molar refractivity (Wildman–Crippen MR) is 123 cm³/mol. The second-order valence-electron chi connectivity index (χ2n) is 8.71. The van der Waals surface area contributed by atoms with Crippen LogP contribution in [0.2, 0.25) is 0 Å². The molecule has 32 heavy (non-hydrogen) atoms. The topological polar surface area (TPSA) is 123 Å². The van der Waals surface area contributed by atoms with Crippen molar-refractivity contribution in [1.82, 2.24) is 15.6 Å². The molecule has 0 bridgehead atoms. The number of carbonyl (C=O) groups is 1. The monoisotopic (exact) mass is 460 g/mol. The summed E-state index contributed by atoms with van der Waals surface area (Å²) in [6, 6.07) is 6.59. The van der Waals surface area contributed by atoms with Crippen molar-refractivity contribution < 1.29 is 17.9 Å². The molecule has 8 nitrogen and oxygen atoms in total. The van der Waals surface area contributed by atoms with Crippen molar-refractivity contribution in [3.63, 3.8) is 0 Å². The third-order valence-corrected chi connectivity index (χ3v) is 6.91. The van der Waals surface area contributed by atoms with E-state index in [0.29, 0.717) is 36.3 Å². The van der Waals surface area contributed by atoms with Gasteiger partial charge in [-0.1, -0.05) is 13.8 Å². The van der Waals surface area contributed by atoms with Gasteiger partial charge in [0.25, 0.3) is 0 Å². The van der Waals surface area contributed by atoms with E-state index in [2.05, 4.69) is 15.6 Å². The van der Waals surface area contributed by atoms with Crippen LogP contribution in [0, 0.1) is 11.8 Å². The quantitative estimate of drug-likeness (QED) is 0.468. The molecule has 1 unspecified atom stereocenters. The number of amides is 1. The van der Waals surface area contributed by atoms with Gasteiger partial charge in [0.05, 0.1) is 22.8 Å². The van der Waals surface area contributed by atoms with Crippen LogP contribution in [0.5, 0.6) is 5.75 Å². The van der Waals surface area contributed by atoms with Crippen molar-refractivity contribution in [3.8, 4) is 5.75 Å². The Labute approximate surface area is 189 Å². The first-order valence-electron chi connectivity index (χ1n) is 10.9. The van der Waals surface area contributed by atoms with Crippen LogP contribution in [-0.4, -0.2) is 45.6 Å². The lowest BCUT2D eigenvalue weighted by atomic mass is 10.1. The first-order valence-corrected chi connectivity index (χ1v) is 12.5. The molecule has 9 heteroatoms. The van der Waals surface area contributed by atoms with Gasteiger partial charge in [-0.05, 0) is 73.3 Å². The zero-order valence-electron chi connectivity index (χ0n) is 18.6. The molecule has 4 N–H and O–H groups in total. The predicted octanol–water partition coefficient (Wildman–Crippen LogP) is 1.89. The highest BCUT2D eigenvalue weighted by atomic mass is 32.2. The largest absolute Gasteiger partial charge is 0.493 e. The fraction of sp³-hybridized carbons (Fsp3) is 0.478. The van der Waals surface area contributed by atoms with Crippen LogP contribution in [0.3, 0.4) is 0 Å². The zero-order valence-corrected chi connectivity index (χ0v) is 19.5. The van der Waals surface area contributed by atoms with Gasteiger partial charge in [0, 0.05) is 18.9 Å². The van der Waals surface area contributed by atoms with E-state index < -0.39 is 15.7 Å². The van der Waals surface area contributed by atoms with Gasteiger partial charge in [-0.25, -0.2) is 8.42 Å². The number of carbonyl (C=O) groups excluding carboxylic acids is 1. The first-order chi connectivity index (χ1) is 15.2. The van der Waals surface area contributed by atoms with Gasteiger partial charge in [-0.15, -0.1) is 0 Å². The third kappa shape index (κ3) is 7.01. The molecule has 1 amide bonds. The van der Waals surface area contributed by atoms with E-state index in [0.717, 1.165) is 31.6 Å². The van der Waals surface area contributed by atoms with E-state index in [1.807, 2.05) is 19.9 Å². The lowest BCUT2D eigenvalue weighted by molar-refractivity contribution is 0.1000. The van der Waals surface area contributed by atoms with Gasteiger partial charge in [0.1, 0.15) is 5.75 Å². The van der Waals surface area contributed by atoms with E-state index in [-0.39, 0.29) is 16.2 Å². The molecule has 1 aliphatic rings. The summed E-state index contributed by atoms with van der Waals surface area (Å²) in [4.78, 5) is 15.5. The maximum absolute atomic E-state index is 13.2. The molecule has 1 aliphatic heterocycles. The average Bonchev–Trinajstić information content (AvgIpc) is 3.25. The number of aromatic nitrogens is 1. The number of ether oxygens (including phenoxy) is 1. The van der Waals surface area contributed by atoms with Crippen LogP contribution in [0.4, 0.5) is 0 Å². The van der Waals surface area contributed by atoms with Crippen molar-refractivity contribution in [2.45, 2.75) is 37.5 Å². The van der Waals surface area contributed by atoms with Gasteiger partial charge >= 0.3 is 0 Å². The average molecular weight is 461 g/mol. The van der Waals surface area contributed by atoms with E-state index >= 15 is 0 Å². The summed E-state index contributed by atoms with van der Waals surface area (Å²) in [5.41, 5.74) is 6.72. The van der Waals surface area contributed by atoms with Crippen LogP contribution in [0.1, 0.15) is 41.8 Å². The molecule has 0 radical (unpaired) electrons. The first kappa shape index (κ1) is 24.2. The molecule has 0 spiro atoms. The summed E-state index contributed by atoms with van der Waals surface area (Å²) in [6.07, 6.45) is 3.90. The number of pyridine rings is 1. The molecular weight excluding hydrogens is 428 g/mol. The summed E-state index contributed by atoms with van der Waals surface area (Å²) in [5, 5.41) is 6.78. The number of rotatable bonds is 11. The fourth-order valence-corrected chi connectivity index (χ4v) is 4.96.